The third-order valence-corrected chi connectivity index (χ3v) is 4.63. The number of aromatic nitrogens is 1. The number of amides is 1. The molecule has 0 unspecified atom stereocenters. The fraction of sp³-hybridized carbons (Fsp3) is 0.400. The van der Waals surface area contributed by atoms with Crippen molar-refractivity contribution < 1.29 is 18.7 Å². The van der Waals surface area contributed by atoms with Crippen LogP contribution in [0.3, 0.4) is 0 Å². The molecule has 0 saturated carbocycles. The van der Waals surface area contributed by atoms with Crippen LogP contribution in [0, 0.1) is 11.7 Å². The first-order valence-electron chi connectivity index (χ1n) is 9.12. The molecular weight excluding hydrogens is 385 g/mol. The second kappa shape index (κ2) is 10.9. The highest BCUT2D eigenvalue weighted by atomic mass is 35.5. The Kier molecular flexibility index (Phi) is 8.63. The van der Waals surface area contributed by atoms with Crippen LogP contribution in [0.4, 0.5) is 4.39 Å². The zero-order valence-electron chi connectivity index (χ0n) is 15.5. The molecule has 0 aliphatic carbocycles. The number of hydrogen-bond acceptors (Lipinski definition) is 5. The van der Waals surface area contributed by atoms with Crippen molar-refractivity contribution in [3.63, 3.8) is 0 Å². The number of halogens is 2. The zero-order chi connectivity index (χ0) is 19.1. The molecule has 1 amide bonds. The molecule has 0 spiro atoms. The molecule has 2 aromatic rings. The third-order valence-electron chi connectivity index (χ3n) is 4.63. The Bertz CT molecular complexity index is 768. The van der Waals surface area contributed by atoms with E-state index in [4.69, 9.17) is 15.2 Å². The van der Waals surface area contributed by atoms with E-state index >= 15 is 0 Å². The van der Waals surface area contributed by atoms with Crippen LogP contribution in [0.25, 0.3) is 0 Å². The molecule has 1 aliphatic rings. The third kappa shape index (κ3) is 6.44. The van der Waals surface area contributed by atoms with Crippen LogP contribution < -0.4 is 15.8 Å². The van der Waals surface area contributed by atoms with E-state index in [1.54, 1.807) is 6.07 Å². The highest BCUT2D eigenvalue weighted by molar-refractivity contribution is 5.92. The van der Waals surface area contributed by atoms with Gasteiger partial charge in [0.05, 0.1) is 5.56 Å². The van der Waals surface area contributed by atoms with Gasteiger partial charge in [0.15, 0.2) is 11.6 Å². The molecule has 1 aromatic carbocycles. The van der Waals surface area contributed by atoms with E-state index in [1.165, 1.54) is 24.4 Å². The second-order valence-electron chi connectivity index (χ2n) is 6.64. The van der Waals surface area contributed by atoms with Crippen LogP contribution in [-0.4, -0.2) is 30.6 Å². The predicted octanol–water partition coefficient (Wildman–Crippen LogP) is 3.44. The van der Waals surface area contributed by atoms with Crippen molar-refractivity contribution in [2.24, 2.45) is 11.7 Å². The Hall–Kier alpha value is -2.22. The van der Waals surface area contributed by atoms with Gasteiger partial charge in [0, 0.05) is 32.0 Å². The molecule has 152 valence electrons. The van der Waals surface area contributed by atoms with Crippen molar-refractivity contribution in [2.45, 2.75) is 25.8 Å². The predicted molar refractivity (Wildman–Crippen MR) is 106 cm³/mol. The summed E-state index contributed by atoms with van der Waals surface area (Å²) in [5, 5.41) is 3.36. The maximum Gasteiger partial charge on any atom is 0.250 e. The van der Waals surface area contributed by atoms with Crippen LogP contribution in [-0.2, 0) is 11.3 Å². The fourth-order valence-corrected chi connectivity index (χ4v) is 3.01. The van der Waals surface area contributed by atoms with Gasteiger partial charge in [-0.15, -0.1) is 12.4 Å². The minimum Gasteiger partial charge on any atom is -0.436 e. The molecule has 0 bridgehead atoms. The molecule has 3 rings (SSSR count). The van der Waals surface area contributed by atoms with Crippen LogP contribution in [0.1, 0.15) is 35.2 Å². The van der Waals surface area contributed by atoms with Crippen molar-refractivity contribution in [3.8, 4) is 11.6 Å². The Morgan fingerprint density at radius 1 is 1.29 bits per heavy atom. The van der Waals surface area contributed by atoms with Crippen molar-refractivity contribution >= 4 is 18.3 Å². The van der Waals surface area contributed by atoms with Crippen molar-refractivity contribution in [1.82, 2.24) is 10.3 Å². The van der Waals surface area contributed by atoms with Gasteiger partial charge in [0.1, 0.15) is 0 Å². The van der Waals surface area contributed by atoms with Crippen molar-refractivity contribution in [2.75, 3.05) is 19.8 Å². The number of pyridine rings is 1. The van der Waals surface area contributed by atoms with E-state index < -0.39 is 11.7 Å². The van der Waals surface area contributed by atoms with E-state index in [1.807, 2.05) is 6.07 Å². The van der Waals surface area contributed by atoms with Crippen LogP contribution in [0.5, 0.6) is 11.6 Å². The molecule has 1 aliphatic heterocycles. The standard InChI is InChI=1S/C20H24FN3O3.ClH/c21-17-11-15(12-23-8-5-14-6-9-26-10-7-14)1-3-18(17)27-19-4-2-16(13-24-19)20(22)25;/h1-4,11,13-14,23H,5-10,12H2,(H2,22,25);1H. The number of ether oxygens (including phenoxy) is 2. The van der Waals surface area contributed by atoms with Gasteiger partial charge in [-0.25, -0.2) is 9.37 Å². The number of nitrogens with two attached hydrogens (primary N) is 1. The zero-order valence-corrected chi connectivity index (χ0v) is 16.3. The van der Waals surface area contributed by atoms with Gasteiger partial charge in [-0.05, 0) is 55.5 Å². The van der Waals surface area contributed by atoms with Gasteiger partial charge in [0.2, 0.25) is 11.8 Å². The van der Waals surface area contributed by atoms with Crippen LogP contribution >= 0.6 is 12.4 Å². The van der Waals surface area contributed by atoms with Crippen molar-refractivity contribution in [3.05, 3.63) is 53.5 Å². The lowest BCUT2D eigenvalue weighted by Crippen LogP contribution is -2.22. The Balaban J connectivity index is 0.00000280. The highest BCUT2D eigenvalue weighted by Crippen LogP contribution is 2.24. The molecule has 6 nitrogen and oxygen atoms in total. The number of rotatable bonds is 8. The average Bonchev–Trinajstić information content (AvgIpc) is 2.68. The van der Waals surface area contributed by atoms with E-state index in [0.29, 0.717) is 12.5 Å². The minimum absolute atomic E-state index is 0. The van der Waals surface area contributed by atoms with Gasteiger partial charge >= 0.3 is 0 Å². The van der Waals surface area contributed by atoms with Crippen LogP contribution in [0.15, 0.2) is 36.5 Å². The number of benzene rings is 1. The molecule has 0 atom stereocenters. The molecule has 28 heavy (non-hydrogen) atoms. The number of hydrogen-bond donors (Lipinski definition) is 2. The summed E-state index contributed by atoms with van der Waals surface area (Å²) in [7, 11) is 0. The molecule has 1 saturated heterocycles. The number of nitrogens with zero attached hydrogens (tertiary/aromatic N) is 1. The summed E-state index contributed by atoms with van der Waals surface area (Å²) >= 11 is 0. The molecule has 3 N–H and O–H groups in total. The van der Waals surface area contributed by atoms with E-state index in [0.717, 1.165) is 44.6 Å². The maximum absolute atomic E-state index is 14.3. The summed E-state index contributed by atoms with van der Waals surface area (Å²) < 4.78 is 25.1. The Morgan fingerprint density at radius 3 is 2.71 bits per heavy atom. The topological polar surface area (TPSA) is 86.5 Å². The van der Waals surface area contributed by atoms with Gasteiger partial charge < -0.3 is 20.5 Å². The molecule has 1 aromatic heterocycles. The molecule has 0 radical (unpaired) electrons. The second-order valence-corrected chi connectivity index (χ2v) is 6.64. The molecule has 1 fully saturated rings. The first-order chi connectivity index (χ1) is 13.1. The molecular formula is C20H25ClFN3O3. The van der Waals surface area contributed by atoms with E-state index in [9.17, 15) is 9.18 Å². The minimum atomic E-state index is -0.575. The fourth-order valence-electron chi connectivity index (χ4n) is 3.01. The summed E-state index contributed by atoms with van der Waals surface area (Å²) in [6.07, 6.45) is 4.65. The average molecular weight is 410 g/mol. The van der Waals surface area contributed by atoms with Gasteiger partial charge in [0.25, 0.3) is 0 Å². The Labute approximate surface area is 170 Å². The Morgan fingerprint density at radius 2 is 2.07 bits per heavy atom. The highest BCUT2D eigenvalue weighted by Gasteiger charge is 2.13. The molecule has 2 heterocycles. The lowest BCUT2D eigenvalue weighted by atomic mass is 9.97. The largest absolute Gasteiger partial charge is 0.436 e. The SMILES string of the molecule is Cl.NC(=O)c1ccc(Oc2ccc(CNCCC3CCOCC3)cc2F)nc1. The lowest BCUT2D eigenvalue weighted by molar-refractivity contribution is 0.0639. The maximum atomic E-state index is 14.3. The van der Waals surface area contributed by atoms with Crippen molar-refractivity contribution in [1.29, 1.82) is 0 Å². The number of carbonyl (C=O) groups is 1. The van der Waals surface area contributed by atoms with Gasteiger partial charge in [-0.3, -0.25) is 4.79 Å². The normalized spacial score (nSPS) is 14.3. The summed E-state index contributed by atoms with van der Waals surface area (Å²) in [6, 6.07) is 7.81. The number of nitrogens with one attached hydrogen (secondary N) is 1. The smallest absolute Gasteiger partial charge is 0.250 e. The first-order valence-corrected chi connectivity index (χ1v) is 9.12. The lowest BCUT2D eigenvalue weighted by Gasteiger charge is -2.21. The van der Waals surface area contributed by atoms with Gasteiger partial charge in [-0.1, -0.05) is 6.07 Å². The number of carbonyl (C=O) groups excluding carboxylic acids is 1. The van der Waals surface area contributed by atoms with Crippen LogP contribution in [0.2, 0.25) is 0 Å². The quantitative estimate of drug-likeness (QED) is 0.652. The van der Waals surface area contributed by atoms with E-state index in [2.05, 4.69) is 10.3 Å². The summed E-state index contributed by atoms with van der Waals surface area (Å²) in [4.78, 5) is 15.0. The number of primary amides is 1. The summed E-state index contributed by atoms with van der Waals surface area (Å²) in [5.41, 5.74) is 6.28. The summed E-state index contributed by atoms with van der Waals surface area (Å²) in [5.74, 6) is -0.0397. The summed E-state index contributed by atoms with van der Waals surface area (Å²) in [6.45, 7) is 3.22. The van der Waals surface area contributed by atoms with Gasteiger partial charge in [-0.2, -0.15) is 0 Å². The van der Waals surface area contributed by atoms with E-state index in [-0.39, 0.29) is 29.6 Å². The molecule has 8 heteroatoms. The monoisotopic (exact) mass is 409 g/mol. The first kappa shape index (κ1) is 22.1.